The highest BCUT2D eigenvalue weighted by atomic mass is 16.4. The van der Waals surface area contributed by atoms with Gasteiger partial charge in [-0.05, 0) is 37.6 Å². The molecule has 4 heteroatoms. The van der Waals surface area contributed by atoms with Crippen molar-refractivity contribution < 1.29 is 15.0 Å². The largest absolute Gasteiger partial charge is 0.506 e. The molecular formula is C12H13NO3. The number of carboxylic acids is 1. The maximum absolute atomic E-state index is 11.0. The van der Waals surface area contributed by atoms with Gasteiger partial charge in [0.05, 0.1) is 5.52 Å². The fourth-order valence-corrected chi connectivity index (χ4v) is 2.04. The van der Waals surface area contributed by atoms with Crippen LogP contribution in [0.3, 0.4) is 0 Å². The van der Waals surface area contributed by atoms with E-state index in [0.29, 0.717) is 12.1 Å². The Morgan fingerprint density at radius 2 is 2.06 bits per heavy atom. The number of benzene rings is 1. The normalized spacial score (nSPS) is 10.9. The van der Waals surface area contributed by atoms with Gasteiger partial charge in [-0.25, -0.2) is 4.79 Å². The monoisotopic (exact) mass is 219 g/mol. The molecule has 0 atom stereocenters. The second-order valence-electron chi connectivity index (χ2n) is 3.80. The van der Waals surface area contributed by atoms with E-state index in [9.17, 15) is 9.90 Å². The summed E-state index contributed by atoms with van der Waals surface area (Å²) in [5.74, 6) is -0.848. The van der Waals surface area contributed by atoms with Gasteiger partial charge in [0.1, 0.15) is 11.4 Å². The Hall–Kier alpha value is -1.97. The van der Waals surface area contributed by atoms with E-state index in [2.05, 4.69) is 0 Å². The topological polar surface area (TPSA) is 62.5 Å². The Labute approximate surface area is 92.7 Å². The molecule has 2 rings (SSSR count). The Balaban J connectivity index is 2.87. The number of aryl methyl sites for hydroxylation is 2. The van der Waals surface area contributed by atoms with Gasteiger partial charge in [-0.2, -0.15) is 0 Å². The van der Waals surface area contributed by atoms with Gasteiger partial charge in [-0.1, -0.05) is 0 Å². The first-order chi connectivity index (χ1) is 7.54. The molecular weight excluding hydrogens is 206 g/mol. The van der Waals surface area contributed by atoms with E-state index >= 15 is 0 Å². The molecule has 0 aliphatic heterocycles. The van der Waals surface area contributed by atoms with Crippen LogP contribution in [-0.2, 0) is 6.54 Å². The number of phenols is 1. The molecule has 84 valence electrons. The molecule has 2 aromatic rings. The van der Waals surface area contributed by atoms with E-state index in [1.807, 2.05) is 19.9 Å². The minimum Gasteiger partial charge on any atom is -0.506 e. The molecule has 1 aromatic heterocycles. The molecule has 4 nitrogen and oxygen atoms in total. The zero-order valence-corrected chi connectivity index (χ0v) is 9.19. The minimum absolute atomic E-state index is 0.129. The average molecular weight is 219 g/mol. The van der Waals surface area contributed by atoms with Crippen LogP contribution in [-0.4, -0.2) is 20.7 Å². The molecule has 0 unspecified atom stereocenters. The Bertz CT molecular complexity index is 569. The van der Waals surface area contributed by atoms with Crippen molar-refractivity contribution in [3.05, 3.63) is 29.5 Å². The number of phenolic OH excluding ortho intramolecular Hbond substituents is 1. The first-order valence-electron chi connectivity index (χ1n) is 5.10. The average Bonchev–Trinajstić information content (AvgIpc) is 2.56. The molecule has 0 amide bonds. The van der Waals surface area contributed by atoms with E-state index in [0.717, 1.165) is 10.9 Å². The lowest BCUT2D eigenvalue weighted by atomic mass is 10.1. The van der Waals surface area contributed by atoms with Crippen LogP contribution < -0.4 is 0 Å². The lowest BCUT2D eigenvalue weighted by Crippen LogP contribution is -2.06. The molecule has 16 heavy (non-hydrogen) atoms. The van der Waals surface area contributed by atoms with Crippen molar-refractivity contribution in [3.8, 4) is 5.75 Å². The third-order valence-corrected chi connectivity index (χ3v) is 2.65. The molecule has 0 aliphatic rings. The van der Waals surface area contributed by atoms with Gasteiger partial charge in [0.25, 0.3) is 0 Å². The number of nitrogens with zero attached hydrogens (tertiary/aromatic N) is 1. The van der Waals surface area contributed by atoms with Crippen LogP contribution in [0, 0.1) is 6.92 Å². The van der Waals surface area contributed by atoms with E-state index in [1.54, 1.807) is 16.7 Å². The summed E-state index contributed by atoms with van der Waals surface area (Å²) < 4.78 is 1.60. The number of aromatic nitrogens is 1. The van der Waals surface area contributed by atoms with Crippen molar-refractivity contribution in [1.29, 1.82) is 0 Å². The van der Waals surface area contributed by atoms with Gasteiger partial charge in [-0.3, -0.25) is 0 Å². The second kappa shape index (κ2) is 3.56. The molecule has 2 N–H and O–H groups in total. The van der Waals surface area contributed by atoms with Crippen LogP contribution in [0.4, 0.5) is 0 Å². The highest BCUT2D eigenvalue weighted by molar-refractivity contribution is 5.97. The van der Waals surface area contributed by atoms with Crippen molar-refractivity contribution in [2.24, 2.45) is 0 Å². The lowest BCUT2D eigenvalue weighted by molar-refractivity contribution is 0.0686. The number of aromatic hydroxyl groups is 1. The number of rotatable bonds is 2. The maximum Gasteiger partial charge on any atom is 0.352 e. The third kappa shape index (κ3) is 1.43. The Morgan fingerprint density at radius 1 is 1.38 bits per heavy atom. The number of aromatic carboxylic acids is 1. The molecule has 1 aromatic carbocycles. The van der Waals surface area contributed by atoms with E-state index in [4.69, 9.17) is 5.11 Å². The first-order valence-corrected chi connectivity index (χ1v) is 5.10. The van der Waals surface area contributed by atoms with Crippen LogP contribution >= 0.6 is 0 Å². The van der Waals surface area contributed by atoms with Crippen molar-refractivity contribution in [2.45, 2.75) is 20.4 Å². The summed E-state index contributed by atoms with van der Waals surface area (Å²) in [5, 5.41) is 19.7. The number of hydrogen-bond donors (Lipinski definition) is 2. The fraction of sp³-hybridized carbons (Fsp3) is 0.250. The van der Waals surface area contributed by atoms with Gasteiger partial charge < -0.3 is 14.8 Å². The Morgan fingerprint density at radius 3 is 2.62 bits per heavy atom. The molecule has 0 spiro atoms. The van der Waals surface area contributed by atoms with Crippen LogP contribution in [0.1, 0.15) is 23.0 Å². The molecule has 0 fully saturated rings. The van der Waals surface area contributed by atoms with Crippen LogP contribution in [0.15, 0.2) is 18.2 Å². The van der Waals surface area contributed by atoms with Crippen molar-refractivity contribution >= 4 is 16.9 Å². The number of fused-ring (bicyclic) bond motifs is 1. The standard InChI is InChI=1S/C12H13NO3/c1-3-13-9(12(15)16)6-8-4-7(2)5-10(14)11(8)13/h4-6,14H,3H2,1-2H3,(H,15,16). The van der Waals surface area contributed by atoms with Crippen molar-refractivity contribution in [3.63, 3.8) is 0 Å². The Kier molecular flexibility index (Phi) is 2.34. The summed E-state index contributed by atoms with van der Waals surface area (Å²) >= 11 is 0. The zero-order chi connectivity index (χ0) is 11.9. The van der Waals surface area contributed by atoms with Crippen LogP contribution in [0.5, 0.6) is 5.75 Å². The molecule has 0 saturated heterocycles. The third-order valence-electron chi connectivity index (χ3n) is 2.65. The van der Waals surface area contributed by atoms with Gasteiger partial charge in [0, 0.05) is 11.9 Å². The molecule has 1 heterocycles. The minimum atomic E-state index is -0.977. The second-order valence-corrected chi connectivity index (χ2v) is 3.80. The number of carboxylic acid groups (broad SMARTS) is 1. The number of hydrogen-bond acceptors (Lipinski definition) is 2. The summed E-state index contributed by atoms with van der Waals surface area (Å²) in [6.45, 7) is 4.23. The molecule has 0 radical (unpaired) electrons. The molecule has 0 aliphatic carbocycles. The highest BCUT2D eigenvalue weighted by Gasteiger charge is 2.16. The SMILES string of the molecule is CCn1c(C(=O)O)cc2cc(C)cc(O)c21. The summed E-state index contributed by atoms with van der Waals surface area (Å²) in [4.78, 5) is 11.0. The zero-order valence-electron chi connectivity index (χ0n) is 9.19. The number of carbonyl (C=O) groups is 1. The van der Waals surface area contributed by atoms with E-state index < -0.39 is 5.97 Å². The highest BCUT2D eigenvalue weighted by Crippen LogP contribution is 2.29. The lowest BCUT2D eigenvalue weighted by Gasteiger charge is -2.06. The van der Waals surface area contributed by atoms with Gasteiger partial charge in [0.2, 0.25) is 0 Å². The van der Waals surface area contributed by atoms with Crippen LogP contribution in [0.25, 0.3) is 10.9 Å². The summed E-state index contributed by atoms with van der Waals surface area (Å²) in [5.41, 5.74) is 1.71. The van der Waals surface area contributed by atoms with Gasteiger partial charge in [-0.15, -0.1) is 0 Å². The predicted octanol–water partition coefficient (Wildman–Crippen LogP) is 2.37. The summed E-state index contributed by atoms with van der Waals surface area (Å²) in [7, 11) is 0. The molecule has 0 bridgehead atoms. The van der Waals surface area contributed by atoms with Crippen LogP contribution in [0.2, 0.25) is 0 Å². The quantitative estimate of drug-likeness (QED) is 0.815. The fourth-order valence-electron chi connectivity index (χ4n) is 2.04. The molecule has 0 saturated carbocycles. The summed E-state index contributed by atoms with van der Waals surface area (Å²) in [6, 6.07) is 5.10. The van der Waals surface area contributed by atoms with Crippen molar-refractivity contribution in [1.82, 2.24) is 4.57 Å². The van der Waals surface area contributed by atoms with Gasteiger partial charge >= 0.3 is 5.97 Å². The van der Waals surface area contributed by atoms with Gasteiger partial charge in [0.15, 0.2) is 0 Å². The predicted molar refractivity (Wildman–Crippen MR) is 61.0 cm³/mol. The smallest absolute Gasteiger partial charge is 0.352 e. The maximum atomic E-state index is 11.0. The van der Waals surface area contributed by atoms with Crippen molar-refractivity contribution in [2.75, 3.05) is 0 Å². The van der Waals surface area contributed by atoms with E-state index in [1.165, 1.54) is 0 Å². The summed E-state index contributed by atoms with van der Waals surface area (Å²) in [6.07, 6.45) is 0. The van der Waals surface area contributed by atoms with E-state index in [-0.39, 0.29) is 11.4 Å². The first kappa shape index (κ1) is 10.5.